The van der Waals surface area contributed by atoms with Crippen molar-refractivity contribution in [2.45, 2.75) is 256 Å². The molecule has 0 aromatic carbocycles. The smallest absolute Gasteiger partial charge is 0.306 e. The van der Waals surface area contributed by atoms with Gasteiger partial charge in [0.25, 0.3) is 0 Å². The molecule has 0 radical (unpaired) electrons. The third-order valence-corrected chi connectivity index (χ3v) is 11.7. The number of ether oxygens (including phenoxy) is 4. The Morgan fingerprint density at radius 1 is 0.532 bits per heavy atom. The van der Waals surface area contributed by atoms with Crippen LogP contribution < -0.4 is 0 Å². The molecule has 362 valence electrons. The fourth-order valence-corrected chi connectivity index (χ4v) is 7.74. The fraction of sp³-hybridized carbons (Fsp3) is 0.830. The summed E-state index contributed by atoms with van der Waals surface area (Å²) in [6, 6.07) is 0. The van der Waals surface area contributed by atoms with Gasteiger partial charge in [-0.15, -0.1) is 0 Å². The number of hydrogen-bond acceptors (Lipinski definition) is 9. The number of esters is 1. The first-order valence-corrected chi connectivity index (χ1v) is 25.7. The largest absolute Gasteiger partial charge is 0.457 e. The summed E-state index contributed by atoms with van der Waals surface area (Å²) in [4.78, 5) is 12.8. The lowest BCUT2D eigenvalue weighted by atomic mass is 9.99. The molecule has 1 saturated heterocycles. The van der Waals surface area contributed by atoms with Crippen molar-refractivity contribution in [1.29, 1.82) is 0 Å². The molecule has 0 bridgehead atoms. The number of aliphatic hydroxyl groups excluding tert-OH is 4. The lowest BCUT2D eigenvalue weighted by Gasteiger charge is -2.39. The summed E-state index contributed by atoms with van der Waals surface area (Å²) in [5.74, 6) is -0.318. The molecule has 9 nitrogen and oxygen atoms in total. The van der Waals surface area contributed by atoms with Crippen molar-refractivity contribution in [2.75, 3.05) is 26.4 Å². The molecule has 0 amide bonds. The van der Waals surface area contributed by atoms with Crippen molar-refractivity contribution in [3.05, 3.63) is 48.6 Å². The van der Waals surface area contributed by atoms with E-state index < -0.39 is 43.4 Å². The van der Waals surface area contributed by atoms with Gasteiger partial charge in [0, 0.05) is 13.0 Å². The zero-order chi connectivity index (χ0) is 45.0. The molecule has 0 saturated carbocycles. The Hall–Kier alpha value is -1.85. The maximum atomic E-state index is 12.8. The van der Waals surface area contributed by atoms with Crippen molar-refractivity contribution in [3.8, 4) is 0 Å². The molecule has 0 aliphatic carbocycles. The van der Waals surface area contributed by atoms with Gasteiger partial charge in [0.15, 0.2) is 6.29 Å². The molecular formula is C53H96O9. The van der Waals surface area contributed by atoms with E-state index in [1.165, 1.54) is 141 Å². The molecule has 0 aromatic rings. The van der Waals surface area contributed by atoms with Gasteiger partial charge in [-0.1, -0.05) is 191 Å². The Kier molecular flexibility index (Phi) is 41.6. The van der Waals surface area contributed by atoms with E-state index in [1.54, 1.807) is 0 Å². The molecule has 1 rings (SSSR count). The molecule has 1 fully saturated rings. The highest BCUT2D eigenvalue weighted by molar-refractivity contribution is 5.69. The van der Waals surface area contributed by atoms with Crippen LogP contribution in [-0.2, 0) is 23.7 Å². The van der Waals surface area contributed by atoms with Gasteiger partial charge < -0.3 is 39.4 Å². The van der Waals surface area contributed by atoms with Gasteiger partial charge in [0.05, 0.1) is 19.8 Å². The van der Waals surface area contributed by atoms with Crippen molar-refractivity contribution in [1.82, 2.24) is 0 Å². The zero-order valence-corrected chi connectivity index (χ0v) is 39.9. The molecule has 0 spiro atoms. The molecule has 1 aliphatic heterocycles. The highest BCUT2D eigenvalue weighted by Crippen LogP contribution is 2.23. The molecule has 9 heteroatoms. The number of carbonyl (C=O) groups is 1. The van der Waals surface area contributed by atoms with E-state index in [9.17, 15) is 25.2 Å². The Labute approximate surface area is 380 Å². The zero-order valence-electron chi connectivity index (χ0n) is 39.9. The maximum absolute atomic E-state index is 12.8. The van der Waals surface area contributed by atoms with Crippen molar-refractivity contribution in [2.24, 2.45) is 0 Å². The summed E-state index contributed by atoms with van der Waals surface area (Å²) in [5.41, 5.74) is 0. The fourth-order valence-electron chi connectivity index (χ4n) is 7.74. The summed E-state index contributed by atoms with van der Waals surface area (Å²) in [7, 11) is 0. The monoisotopic (exact) mass is 877 g/mol. The van der Waals surface area contributed by atoms with Gasteiger partial charge in [0.2, 0.25) is 0 Å². The Morgan fingerprint density at radius 3 is 1.50 bits per heavy atom. The van der Waals surface area contributed by atoms with Crippen molar-refractivity contribution in [3.63, 3.8) is 0 Å². The minimum Gasteiger partial charge on any atom is -0.457 e. The van der Waals surface area contributed by atoms with Crippen LogP contribution in [0.25, 0.3) is 0 Å². The number of allylic oxidation sites excluding steroid dienone is 8. The van der Waals surface area contributed by atoms with Crippen LogP contribution in [0.4, 0.5) is 0 Å². The van der Waals surface area contributed by atoms with Crippen LogP contribution in [0, 0.1) is 0 Å². The summed E-state index contributed by atoms with van der Waals surface area (Å²) in [6.07, 6.45) is 48.6. The van der Waals surface area contributed by atoms with Crippen LogP contribution in [0.1, 0.15) is 219 Å². The van der Waals surface area contributed by atoms with Crippen molar-refractivity contribution >= 4 is 5.97 Å². The van der Waals surface area contributed by atoms with Crippen LogP contribution in [-0.4, -0.2) is 89.6 Å². The SMILES string of the molecule is CC/C=C\C/C=C\C/C=C\CCCCCCCCCCOCC(COC1OC(CO)C(O)C(O)C1O)OC(=O)CCCCCCCCCCC/C=C\CCCCCCCCCC. The number of rotatable bonds is 44. The average Bonchev–Trinajstić information content (AvgIpc) is 3.27. The highest BCUT2D eigenvalue weighted by Gasteiger charge is 2.44. The van der Waals surface area contributed by atoms with E-state index in [0.29, 0.717) is 13.0 Å². The Bertz CT molecular complexity index is 1090. The summed E-state index contributed by atoms with van der Waals surface area (Å²) in [5, 5.41) is 40.2. The van der Waals surface area contributed by atoms with Gasteiger partial charge in [-0.2, -0.15) is 0 Å². The lowest BCUT2D eigenvalue weighted by Crippen LogP contribution is -2.59. The predicted octanol–water partition coefficient (Wildman–Crippen LogP) is 12.5. The first-order valence-electron chi connectivity index (χ1n) is 25.7. The van der Waals surface area contributed by atoms with E-state index in [4.69, 9.17) is 18.9 Å². The van der Waals surface area contributed by atoms with E-state index in [1.807, 2.05) is 0 Å². The van der Waals surface area contributed by atoms with E-state index in [2.05, 4.69) is 62.5 Å². The first-order chi connectivity index (χ1) is 30.4. The molecule has 4 N–H and O–H groups in total. The molecule has 1 heterocycles. The van der Waals surface area contributed by atoms with Crippen LogP contribution in [0.3, 0.4) is 0 Å². The molecular weight excluding hydrogens is 781 g/mol. The van der Waals surface area contributed by atoms with E-state index in [0.717, 1.165) is 57.8 Å². The number of carbonyl (C=O) groups excluding carboxylic acids is 1. The molecule has 1 aliphatic rings. The maximum Gasteiger partial charge on any atom is 0.306 e. The Balaban J connectivity index is 2.21. The standard InChI is InChI=1S/C53H96O9/c1-3-5-7-9-11-13-15-17-19-21-23-24-25-26-28-30-32-34-36-38-40-42-49(55)61-47(46-60-53-52(58)51(57)50(56)48(44-54)62-53)45-59-43-41-39-37-35-33-31-29-27-22-20-18-16-14-12-10-8-6-4-2/h6,8,12,14,18,20-21,23,47-48,50-54,56-58H,3-5,7,9-11,13,15-17,19,22,24-46H2,1-2H3/b8-6-,14-12-,20-18-,23-21-. The second-order valence-corrected chi connectivity index (χ2v) is 17.6. The van der Waals surface area contributed by atoms with Crippen molar-refractivity contribution < 1.29 is 44.2 Å². The minimum atomic E-state index is -1.54. The van der Waals surface area contributed by atoms with E-state index in [-0.39, 0.29) is 19.2 Å². The van der Waals surface area contributed by atoms with Gasteiger partial charge in [-0.25, -0.2) is 0 Å². The molecule has 6 atom stereocenters. The summed E-state index contributed by atoms with van der Waals surface area (Å²) < 4.78 is 22.9. The second kappa shape index (κ2) is 44.4. The molecule has 0 aromatic heterocycles. The second-order valence-electron chi connectivity index (χ2n) is 17.6. The molecule has 6 unspecified atom stereocenters. The number of hydrogen-bond donors (Lipinski definition) is 4. The highest BCUT2D eigenvalue weighted by atomic mass is 16.7. The van der Waals surface area contributed by atoms with Gasteiger partial charge in [-0.05, 0) is 70.6 Å². The van der Waals surface area contributed by atoms with Gasteiger partial charge in [0.1, 0.15) is 30.5 Å². The number of aliphatic hydroxyl groups is 4. The average molecular weight is 877 g/mol. The minimum absolute atomic E-state index is 0.117. The predicted molar refractivity (Wildman–Crippen MR) is 256 cm³/mol. The normalized spacial score (nSPS) is 20.1. The summed E-state index contributed by atoms with van der Waals surface area (Å²) >= 11 is 0. The van der Waals surface area contributed by atoms with Gasteiger partial charge in [-0.3, -0.25) is 4.79 Å². The van der Waals surface area contributed by atoms with Gasteiger partial charge >= 0.3 is 5.97 Å². The summed E-state index contributed by atoms with van der Waals surface area (Å²) in [6.45, 7) is 4.45. The first kappa shape index (κ1) is 58.2. The Morgan fingerprint density at radius 2 is 0.984 bits per heavy atom. The number of unbranched alkanes of at least 4 members (excludes halogenated alkanes) is 25. The van der Waals surface area contributed by atoms with E-state index >= 15 is 0 Å². The van der Waals surface area contributed by atoms with Crippen LogP contribution >= 0.6 is 0 Å². The lowest BCUT2D eigenvalue weighted by molar-refractivity contribution is -0.305. The van der Waals surface area contributed by atoms with Crippen LogP contribution in [0.2, 0.25) is 0 Å². The topological polar surface area (TPSA) is 135 Å². The van der Waals surface area contributed by atoms with Crippen LogP contribution in [0.15, 0.2) is 48.6 Å². The third-order valence-electron chi connectivity index (χ3n) is 11.7. The van der Waals surface area contributed by atoms with Crippen LogP contribution in [0.5, 0.6) is 0 Å². The third kappa shape index (κ3) is 34.5. The molecule has 62 heavy (non-hydrogen) atoms. The quantitative estimate of drug-likeness (QED) is 0.0268.